The van der Waals surface area contributed by atoms with Crippen molar-refractivity contribution in [2.75, 3.05) is 6.61 Å². The fourth-order valence-corrected chi connectivity index (χ4v) is 2.12. The normalized spacial score (nSPS) is 16.7. The molecule has 112 valence electrons. The van der Waals surface area contributed by atoms with Crippen molar-refractivity contribution in [3.63, 3.8) is 0 Å². The van der Waals surface area contributed by atoms with Gasteiger partial charge in [-0.15, -0.1) is 0 Å². The topological polar surface area (TPSA) is 74.2 Å². The third kappa shape index (κ3) is 3.65. The van der Waals surface area contributed by atoms with E-state index in [-0.39, 0.29) is 11.9 Å². The molecule has 1 heterocycles. The summed E-state index contributed by atoms with van der Waals surface area (Å²) in [6.07, 6.45) is 4.23. The molecule has 1 unspecified atom stereocenters. The highest BCUT2D eigenvalue weighted by Gasteiger charge is 2.21. The van der Waals surface area contributed by atoms with Gasteiger partial charge >= 0.3 is 0 Å². The van der Waals surface area contributed by atoms with E-state index in [2.05, 4.69) is 10.1 Å². The molecule has 6 heteroatoms. The summed E-state index contributed by atoms with van der Waals surface area (Å²) in [4.78, 5) is 4.27. The van der Waals surface area contributed by atoms with Crippen molar-refractivity contribution < 1.29 is 13.7 Å². The minimum absolute atomic E-state index is 0.264. The fraction of sp³-hybridized carbons (Fsp3) is 0.467. The molecule has 1 saturated carbocycles. The van der Waals surface area contributed by atoms with Gasteiger partial charge in [-0.25, -0.2) is 4.39 Å². The van der Waals surface area contributed by atoms with E-state index in [1.54, 1.807) is 12.1 Å². The third-order valence-corrected chi connectivity index (χ3v) is 3.65. The number of ether oxygens (including phenoxy) is 1. The van der Waals surface area contributed by atoms with Gasteiger partial charge in [-0.3, -0.25) is 0 Å². The lowest BCUT2D eigenvalue weighted by Gasteiger charge is -2.26. The Morgan fingerprint density at radius 2 is 2.10 bits per heavy atom. The molecule has 1 aromatic carbocycles. The van der Waals surface area contributed by atoms with Crippen LogP contribution < -0.4 is 5.73 Å². The first-order chi connectivity index (χ1) is 10.2. The average Bonchev–Trinajstić information content (AvgIpc) is 2.88. The molecule has 0 amide bonds. The summed E-state index contributed by atoms with van der Waals surface area (Å²) < 4.78 is 23.7. The summed E-state index contributed by atoms with van der Waals surface area (Å²) >= 11 is 0. The van der Waals surface area contributed by atoms with Gasteiger partial charge in [-0.1, -0.05) is 17.3 Å². The average molecular weight is 291 g/mol. The Morgan fingerprint density at radius 3 is 2.76 bits per heavy atom. The number of nitrogens with zero attached hydrogens (tertiary/aromatic N) is 2. The van der Waals surface area contributed by atoms with E-state index < -0.39 is 0 Å². The van der Waals surface area contributed by atoms with Crippen molar-refractivity contribution in [2.45, 2.75) is 37.8 Å². The van der Waals surface area contributed by atoms with Gasteiger partial charge in [0.15, 0.2) is 5.82 Å². The van der Waals surface area contributed by atoms with E-state index in [9.17, 15) is 4.39 Å². The molecule has 0 radical (unpaired) electrons. The zero-order valence-corrected chi connectivity index (χ0v) is 11.7. The Hall–Kier alpha value is -1.79. The van der Waals surface area contributed by atoms with E-state index in [0.29, 0.717) is 30.8 Å². The molecule has 0 saturated heterocycles. The van der Waals surface area contributed by atoms with Crippen LogP contribution in [-0.4, -0.2) is 22.9 Å². The molecule has 1 fully saturated rings. The fourth-order valence-electron chi connectivity index (χ4n) is 2.12. The second-order valence-electron chi connectivity index (χ2n) is 5.34. The molecule has 5 nitrogen and oxygen atoms in total. The molecule has 2 N–H and O–H groups in total. The van der Waals surface area contributed by atoms with Crippen LogP contribution in [0.3, 0.4) is 0 Å². The molecular formula is C15H18FN3O2. The van der Waals surface area contributed by atoms with Crippen molar-refractivity contribution in [1.82, 2.24) is 10.1 Å². The van der Waals surface area contributed by atoms with Gasteiger partial charge in [-0.2, -0.15) is 4.98 Å². The van der Waals surface area contributed by atoms with Gasteiger partial charge in [0, 0.05) is 0 Å². The van der Waals surface area contributed by atoms with Gasteiger partial charge in [0.1, 0.15) is 5.82 Å². The number of hydrogen-bond acceptors (Lipinski definition) is 5. The molecule has 0 aliphatic heterocycles. The maximum absolute atomic E-state index is 12.8. The van der Waals surface area contributed by atoms with Gasteiger partial charge in [-0.05, 0) is 37.0 Å². The Balaban J connectivity index is 1.55. The summed E-state index contributed by atoms with van der Waals surface area (Å²) in [5.74, 6) is 0.655. The van der Waals surface area contributed by atoms with Crippen LogP contribution >= 0.6 is 0 Å². The second kappa shape index (κ2) is 6.32. The molecule has 1 aromatic heterocycles. The Kier molecular flexibility index (Phi) is 4.26. The maximum Gasteiger partial charge on any atom is 0.231 e. The van der Waals surface area contributed by atoms with Crippen molar-refractivity contribution >= 4 is 0 Å². The molecule has 21 heavy (non-hydrogen) atoms. The number of aromatic nitrogens is 2. The van der Waals surface area contributed by atoms with Crippen LogP contribution in [0.25, 0.3) is 0 Å². The van der Waals surface area contributed by atoms with Crippen LogP contribution in [0.4, 0.5) is 4.39 Å². The molecule has 0 bridgehead atoms. The lowest BCUT2D eigenvalue weighted by atomic mass is 9.96. The van der Waals surface area contributed by atoms with E-state index in [1.165, 1.54) is 18.6 Å². The first-order valence-corrected chi connectivity index (χ1v) is 7.15. The van der Waals surface area contributed by atoms with Gasteiger partial charge in [0.2, 0.25) is 5.89 Å². The van der Waals surface area contributed by atoms with Gasteiger partial charge in [0.05, 0.1) is 25.2 Å². The molecule has 3 rings (SSSR count). The number of rotatable bonds is 6. The van der Waals surface area contributed by atoms with Crippen LogP contribution in [-0.2, 0) is 11.2 Å². The highest BCUT2D eigenvalue weighted by atomic mass is 19.1. The maximum atomic E-state index is 12.8. The van der Waals surface area contributed by atoms with Crippen LogP contribution in [0.2, 0.25) is 0 Å². The number of nitrogens with two attached hydrogens (primary N) is 1. The highest BCUT2D eigenvalue weighted by molar-refractivity contribution is 5.19. The molecular weight excluding hydrogens is 273 g/mol. The standard InChI is InChI=1S/C15H18FN3O2/c16-11-6-4-10(5-7-11)8-14-18-15(19-21-14)13(17)9-20-12-2-1-3-12/h4-7,12-13H,1-3,8-9,17H2. The van der Waals surface area contributed by atoms with Crippen molar-refractivity contribution in [2.24, 2.45) is 5.73 Å². The SMILES string of the molecule is NC(COC1CCC1)c1noc(Cc2ccc(F)cc2)n1. The molecule has 1 aliphatic rings. The molecule has 0 spiro atoms. The zero-order chi connectivity index (χ0) is 14.7. The van der Waals surface area contributed by atoms with E-state index in [0.717, 1.165) is 18.4 Å². The summed E-state index contributed by atoms with van der Waals surface area (Å²) in [5, 5.41) is 3.89. The summed E-state index contributed by atoms with van der Waals surface area (Å²) in [5.41, 5.74) is 6.90. The first-order valence-electron chi connectivity index (χ1n) is 7.15. The predicted molar refractivity (Wildman–Crippen MR) is 74.0 cm³/mol. The number of benzene rings is 1. The van der Waals surface area contributed by atoms with Crippen molar-refractivity contribution in [3.05, 3.63) is 47.4 Å². The van der Waals surface area contributed by atoms with E-state index in [1.807, 2.05) is 0 Å². The lowest BCUT2D eigenvalue weighted by Crippen LogP contribution is -2.27. The number of halogens is 1. The molecule has 2 aromatic rings. The van der Waals surface area contributed by atoms with E-state index >= 15 is 0 Å². The Bertz CT molecular complexity index is 581. The van der Waals surface area contributed by atoms with E-state index in [4.69, 9.17) is 15.0 Å². The predicted octanol–water partition coefficient (Wildman–Crippen LogP) is 2.37. The summed E-state index contributed by atoms with van der Waals surface area (Å²) in [7, 11) is 0. The second-order valence-corrected chi connectivity index (χ2v) is 5.34. The van der Waals surface area contributed by atoms with Crippen LogP contribution in [0.15, 0.2) is 28.8 Å². The van der Waals surface area contributed by atoms with Crippen LogP contribution in [0, 0.1) is 5.82 Å². The summed E-state index contributed by atoms with van der Waals surface area (Å²) in [6.45, 7) is 0.403. The van der Waals surface area contributed by atoms with Crippen molar-refractivity contribution in [1.29, 1.82) is 0 Å². The first kappa shape index (κ1) is 14.2. The third-order valence-electron chi connectivity index (χ3n) is 3.65. The monoisotopic (exact) mass is 291 g/mol. The minimum atomic E-state index is -0.378. The van der Waals surface area contributed by atoms with Gasteiger partial charge in [0.25, 0.3) is 0 Å². The molecule has 1 aliphatic carbocycles. The quantitative estimate of drug-likeness (QED) is 0.884. The molecule has 1 atom stereocenters. The number of hydrogen-bond donors (Lipinski definition) is 1. The van der Waals surface area contributed by atoms with Crippen LogP contribution in [0.5, 0.6) is 0 Å². The minimum Gasteiger partial charge on any atom is -0.376 e. The lowest BCUT2D eigenvalue weighted by molar-refractivity contribution is -0.00549. The van der Waals surface area contributed by atoms with Gasteiger partial charge < -0.3 is 15.0 Å². The van der Waals surface area contributed by atoms with Crippen LogP contribution in [0.1, 0.15) is 42.6 Å². The Morgan fingerprint density at radius 1 is 1.33 bits per heavy atom. The smallest absolute Gasteiger partial charge is 0.231 e. The summed E-state index contributed by atoms with van der Waals surface area (Å²) in [6, 6.07) is 5.82. The largest absolute Gasteiger partial charge is 0.376 e. The highest BCUT2D eigenvalue weighted by Crippen LogP contribution is 2.23. The van der Waals surface area contributed by atoms with Crippen molar-refractivity contribution in [3.8, 4) is 0 Å². The Labute approximate surface area is 122 Å². The zero-order valence-electron chi connectivity index (χ0n) is 11.7.